The second kappa shape index (κ2) is 4.61. The maximum absolute atomic E-state index is 6.06. The monoisotopic (exact) mass is 297 g/mol. The van der Waals surface area contributed by atoms with Crippen LogP contribution < -0.4 is 0 Å². The molecule has 0 aliphatic heterocycles. The fourth-order valence-corrected chi connectivity index (χ4v) is 3.02. The summed E-state index contributed by atoms with van der Waals surface area (Å²) in [5, 5.41) is 12.6. The van der Waals surface area contributed by atoms with Gasteiger partial charge in [-0.1, -0.05) is 42.5 Å². The molecule has 0 N–H and O–H groups in total. The normalized spacial score (nSPS) is 11.5. The highest BCUT2D eigenvalue weighted by Gasteiger charge is 2.16. The van der Waals surface area contributed by atoms with Crippen LogP contribution in [-0.4, -0.2) is 15.2 Å². The number of furan rings is 1. The van der Waals surface area contributed by atoms with Crippen molar-refractivity contribution in [2.45, 2.75) is 0 Å². The zero-order chi connectivity index (χ0) is 15.2. The van der Waals surface area contributed by atoms with E-state index < -0.39 is 0 Å². The Morgan fingerprint density at radius 3 is 2.52 bits per heavy atom. The minimum Gasteiger partial charge on any atom is -0.454 e. The first-order valence-electron chi connectivity index (χ1n) is 7.39. The molecule has 2 aromatic carbocycles. The van der Waals surface area contributed by atoms with Crippen molar-refractivity contribution >= 4 is 32.7 Å². The molecule has 0 unspecified atom stereocenters. The number of hydrogen-bond donors (Lipinski definition) is 0. The predicted molar refractivity (Wildman–Crippen MR) is 90.0 cm³/mol. The number of pyridine rings is 1. The summed E-state index contributed by atoms with van der Waals surface area (Å²) < 4.78 is 6.06. The summed E-state index contributed by atoms with van der Waals surface area (Å²) in [7, 11) is 0. The van der Waals surface area contributed by atoms with Gasteiger partial charge in [0.1, 0.15) is 17.0 Å². The van der Waals surface area contributed by atoms with Crippen LogP contribution in [0.3, 0.4) is 0 Å². The number of fused-ring (bicyclic) bond motifs is 4. The van der Waals surface area contributed by atoms with Crippen molar-refractivity contribution in [1.82, 2.24) is 15.2 Å². The summed E-state index contributed by atoms with van der Waals surface area (Å²) in [5.74, 6) is 0. The highest BCUT2D eigenvalue weighted by molar-refractivity contribution is 6.10. The quantitative estimate of drug-likeness (QED) is 0.454. The minimum atomic E-state index is 0.725. The van der Waals surface area contributed by atoms with E-state index in [1.807, 2.05) is 48.5 Å². The van der Waals surface area contributed by atoms with Crippen LogP contribution in [0.5, 0.6) is 0 Å². The third kappa shape index (κ3) is 1.75. The van der Waals surface area contributed by atoms with Gasteiger partial charge in [0.2, 0.25) is 0 Å². The Hall–Kier alpha value is -3.27. The molecule has 0 bridgehead atoms. The molecule has 0 aliphatic carbocycles. The number of benzene rings is 2. The van der Waals surface area contributed by atoms with Crippen molar-refractivity contribution < 1.29 is 4.42 Å². The largest absolute Gasteiger partial charge is 0.454 e. The molecule has 0 aliphatic rings. The Balaban J connectivity index is 1.93. The van der Waals surface area contributed by atoms with Crippen LogP contribution in [0.15, 0.2) is 71.4 Å². The molecule has 0 spiro atoms. The fourth-order valence-electron chi connectivity index (χ4n) is 3.02. The second-order valence-electron chi connectivity index (χ2n) is 5.41. The van der Waals surface area contributed by atoms with Gasteiger partial charge in [0.05, 0.1) is 6.20 Å². The third-order valence-electron chi connectivity index (χ3n) is 4.09. The first-order chi connectivity index (χ1) is 11.4. The van der Waals surface area contributed by atoms with Crippen LogP contribution in [0.1, 0.15) is 0 Å². The molecule has 3 aromatic heterocycles. The summed E-state index contributed by atoms with van der Waals surface area (Å²) in [4.78, 5) is 4.53. The van der Waals surface area contributed by atoms with E-state index >= 15 is 0 Å². The van der Waals surface area contributed by atoms with Gasteiger partial charge in [0, 0.05) is 27.7 Å². The van der Waals surface area contributed by atoms with Gasteiger partial charge in [-0.25, -0.2) is 0 Å². The van der Waals surface area contributed by atoms with E-state index in [0.717, 1.165) is 44.1 Å². The lowest BCUT2D eigenvalue weighted by atomic mass is 10.1. The molecular formula is C19H11N3O. The first kappa shape index (κ1) is 12.3. The standard InChI is InChI=1S/C19H11N3O/c1-2-6-13-12(5-1)11-21-22-17(13)18-19-15(9-10-20-18)14-7-3-4-8-16(14)23-19/h1-11H. The smallest absolute Gasteiger partial charge is 0.163 e. The molecule has 5 aromatic rings. The van der Waals surface area contributed by atoms with Gasteiger partial charge in [0.15, 0.2) is 5.58 Å². The van der Waals surface area contributed by atoms with E-state index in [-0.39, 0.29) is 0 Å². The SMILES string of the molecule is c1ccc2c(-c3nccc4c3oc3ccccc34)nncc2c1. The Labute approximate surface area is 131 Å². The Kier molecular flexibility index (Phi) is 2.46. The molecule has 0 fully saturated rings. The van der Waals surface area contributed by atoms with Crippen molar-refractivity contribution in [1.29, 1.82) is 0 Å². The zero-order valence-corrected chi connectivity index (χ0v) is 12.1. The van der Waals surface area contributed by atoms with Crippen molar-refractivity contribution in [2.24, 2.45) is 0 Å². The van der Waals surface area contributed by atoms with E-state index in [1.54, 1.807) is 12.4 Å². The molecule has 0 atom stereocenters. The summed E-state index contributed by atoms with van der Waals surface area (Å²) in [5.41, 5.74) is 3.07. The van der Waals surface area contributed by atoms with Gasteiger partial charge in [-0.2, -0.15) is 5.10 Å². The van der Waals surface area contributed by atoms with Gasteiger partial charge >= 0.3 is 0 Å². The second-order valence-corrected chi connectivity index (χ2v) is 5.41. The van der Waals surface area contributed by atoms with Crippen LogP contribution in [0.4, 0.5) is 0 Å². The molecule has 0 saturated carbocycles. The topological polar surface area (TPSA) is 51.8 Å². The number of nitrogens with zero attached hydrogens (tertiary/aromatic N) is 3. The van der Waals surface area contributed by atoms with Crippen molar-refractivity contribution in [3.8, 4) is 11.4 Å². The van der Waals surface area contributed by atoms with E-state index in [9.17, 15) is 0 Å². The Morgan fingerprint density at radius 1 is 0.739 bits per heavy atom. The molecule has 5 rings (SSSR count). The first-order valence-corrected chi connectivity index (χ1v) is 7.39. The van der Waals surface area contributed by atoms with Gasteiger partial charge in [-0.05, 0) is 12.1 Å². The van der Waals surface area contributed by atoms with Crippen molar-refractivity contribution in [2.75, 3.05) is 0 Å². The average molecular weight is 297 g/mol. The highest BCUT2D eigenvalue weighted by Crippen LogP contribution is 2.35. The van der Waals surface area contributed by atoms with Crippen LogP contribution in [0.2, 0.25) is 0 Å². The summed E-state index contributed by atoms with van der Waals surface area (Å²) in [6.07, 6.45) is 3.56. The average Bonchev–Trinajstić information content (AvgIpc) is 3.00. The molecular weight excluding hydrogens is 286 g/mol. The molecule has 4 heteroatoms. The maximum atomic E-state index is 6.06. The Bertz CT molecular complexity index is 1170. The van der Waals surface area contributed by atoms with E-state index in [4.69, 9.17) is 4.42 Å². The summed E-state index contributed by atoms with van der Waals surface area (Å²) in [6.45, 7) is 0. The van der Waals surface area contributed by atoms with Crippen molar-refractivity contribution in [3.05, 3.63) is 67.0 Å². The van der Waals surface area contributed by atoms with Crippen LogP contribution in [0, 0.1) is 0 Å². The molecule has 0 saturated heterocycles. The van der Waals surface area contributed by atoms with Crippen LogP contribution in [-0.2, 0) is 0 Å². The van der Waals surface area contributed by atoms with Crippen LogP contribution in [0.25, 0.3) is 44.1 Å². The predicted octanol–water partition coefficient (Wildman–Crippen LogP) is 4.59. The number of para-hydroxylation sites is 1. The molecule has 0 amide bonds. The van der Waals surface area contributed by atoms with Gasteiger partial charge in [-0.3, -0.25) is 4.98 Å². The third-order valence-corrected chi connectivity index (χ3v) is 4.09. The van der Waals surface area contributed by atoms with Gasteiger partial charge < -0.3 is 4.42 Å². The van der Waals surface area contributed by atoms with E-state index in [1.165, 1.54) is 0 Å². The van der Waals surface area contributed by atoms with E-state index in [0.29, 0.717) is 0 Å². The van der Waals surface area contributed by atoms with Gasteiger partial charge in [0.25, 0.3) is 0 Å². The minimum absolute atomic E-state index is 0.725. The summed E-state index contributed by atoms with van der Waals surface area (Å²) in [6, 6.07) is 18.0. The molecule has 0 radical (unpaired) electrons. The number of hydrogen-bond acceptors (Lipinski definition) is 4. The van der Waals surface area contributed by atoms with Crippen LogP contribution >= 0.6 is 0 Å². The summed E-state index contributed by atoms with van der Waals surface area (Å²) >= 11 is 0. The zero-order valence-electron chi connectivity index (χ0n) is 12.1. The number of aromatic nitrogens is 3. The maximum Gasteiger partial charge on any atom is 0.163 e. The highest BCUT2D eigenvalue weighted by atomic mass is 16.3. The van der Waals surface area contributed by atoms with E-state index in [2.05, 4.69) is 21.2 Å². The lowest BCUT2D eigenvalue weighted by Crippen LogP contribution is -1.92. The Morgan fingerprint density at radius 2 is 1.57 bits per heavy atom. The molecule has 23 heavy (non-hydrogen) atoms. The lowest BCUT2D eigenvalue weighted by molar-refractivity contribution is 0.668. The van der Waals surface area contributed by atoms with Gasteiger partial charge in [-0.15, -0.1) is 5.10 Å². The van der Waals surface area contributed by atoms with Crippen molar-refractivity contribution in [3.63, 3.8) is 0 Å². The molecule has 4 nitrogen and oxygen atoms in total. The number of rotatable bonds is 1. The molecule has 108 valence electrons. The lowest BCUT2D eigenvalue weighted by Gasteiger charge is -2.04. The fraction of sp³-hybridized carbons (Fsp3) is 0. The molecule has 3 heterocycles.